The van der Waals surface area contributed by atoms with E-state index in [9.17, 15) is 0 Å². The van der Waals surface area contributed by atoms with Crippen molar-refractivity contribution in [1.29, 1.82) is 0 Å². The van der Waals surface area contributed by atoms with Crippen LogP contribution in [0.15, 0.2) is 54.6 Å². The zero-order valence-electron chi connectivity index (χ0n) is 29.1. The summed E-state index contributed by atoms with van der Waals surface area (Å²) >= 11 is 0. The fraction of sp³-hybridized carbons (Fsp3) is 0.400. The van der Waals surface area contributed by atoms with Crippen molar-refractivity contribution in [3.8, 4) is 46.0 Å². The van der Waals surface area contributed by atoms with Crippen LogP contribution >= 0.6 is 0 Å². The summed E-state index contributed by atoms with van der Waals surface area (Å²) in [6.07, 6.45) is 3.49. The summed E-state index contributed by atoms with van der Waals surface area (Å²) in [5.41, 5.74) is 8.35. The highest BCUT2D eigenvalue weighted by atomic mass is 16.6. The van der Waals surface area contributed by atoms with Gasteiger partial charge in [0.1, 0.15) is 30.2 Å². The van der Waals surface area contributed by atoms with Gasteiger partial charge in [0.05, 0.1) is 73.7 Å². The molecule has 7 aliphatic rings. The SMILES string of the molecule is COc1cc2c3c(c1OC)Oc1ccc(cc1)CC1c4c(cc(OC)c5c4Oc4ccc(cc4CO5)CC3[N+](C)(C)CC2)CC[N+]1(C)C. The number of quaternary nitrogens is 2. The van der Waals surface area contributed by atoms with Crippen LogP contribution in [-0.4, -0.2) is 71.6 Å². The van der Waals surface area contributed by atoms with E-state index in [1.54, 1.807) is 21.3 Å². The Bertz CT molecular complexity index is 1910. The van der Waals surface area contributed by atoms with Crippen LogP contribution in [-0.2, 0) is 32.3 Å². The number of methoxy groups -OCH3 is 3. The lowest BCUT2D eigenvalue weighted by Gasteiger charge is -2.44. The summed E-state index contributed by atoms with van der Waals surface area (Å²) in [6.45, 7) is 2.40. The van der Waals surface area contributed by atoms with Gasteiger partial charge in [0.15, 0.2) is 23.0 Å². The van der Waals surface area contributed by atoms with Crippen molar-refractivity contribution < 1.29 is 37.4 Å². The highest BCUT2D eigenvalue weighted by Crippen LogP contribution is 2.54. The van der Waals surface area contributed by atoms with Crippen LogP contribution in [0.3, 0.4) is 0 Å². The molecule has 6 bridgehead atoms. The molecule has 0 aromatic heterocycles. The average molecular weight is 651 g/mol. The van der Waals surface area contributed by atoms with Crippen molar-refractivity contribution in [1.82, 2.24) is 0 Å². The predicted molar refractivity (Wildman–Crippen MR) is 184 cm³/mol. The first-order chi connectivity index (χ1) is 23.1. The van der Waals surface area contributed by atoms with Crippen molar-refractivity contribution in [2.45, 2.75) is 44.4 Å². The third kappa shape index (κ3) is 4.96. The topological polar surface area (TPSA) is 55.4 Å². The fourth-order valence-corrected chi connectivity index (χ4v) is 8.36. The molecule has 0 fully saturated rings. The van der Waals surface area contributed by atoms with Crippen molar-refractivity contribution in [2.24, 2.45) is 0 Å². The molecule has 250 valence electrons. The van der Waals surface area contributed by atoms with Gasteiger partial charge in [-0.15, -0.1) is 0 Å². The molecular weight excluding hydrogens is 604 g/mol. The van der Waals surface area contributed by atoms with Crippen LogP contribution in [0.5, 0.6) is 46.0 Å². The van der Waals surface area contributed by atoms with Gasteiger partial charge in [0, 0.05) is 31.2 Å². The quantitative estimate of drug-likeness (QED) is 0.217. The van der Waals surface area contributed by atoms with E-state index in [1.165, 1.54) is 33.4 Å². The minimum Gasteiger partial charge on any atom is -0.493 e. The van der Waals surface area contributed by atoms with Crippen LogP contribution in [0.2, 0.25) is 0 Å². The normalized spacial score (nSPS) is 21.1. The van der Waals surface area contributed by atoms with Gasteiger partial charge in [-0.3, -0.25) is 0 Å². The summed E-state index contributed by atoms with van der Waals surface area (Å²) in [6, 6.07) is 19.7. The Labute approximate surface area is 283 Å². The average Bonchev–Trinajstić information content (AvgIpc) is 3.26. The monoisotopic (exact) mass is 650 g/mol. The van der Waals surface area contributed by atoms with Gasteiger partial charge < -0.3 is 37.4 Å². The Kier molecular flexibility index (Phi) is 7.31. The zero-order valence-corrected chi connectivity index (χ0v) is 29.1. The minimum atomic E-state index is 0.109. The molecule has 4 aromatic rings. The molecule has 0 N–H and O–H groups in total. The second kappa shape index (κ2) is 11.3. The molecule has 7 aliphatic heterocycles. The maximum atomic E-state index is 6.96. The van der Waals surface area contributed by atoms with E-state index in [1.807, 2.05) is 0 Å². The van der Waals surface area contributed by atoms with Crippen LogP contribution < -0.4 is 28.4 Å². The lowest BCUT2D eigenvalue weighted by molar-refractivity contribution is -0.923. The standard InChI is InChI=1S/C40H46N2O6/c1-41(2)16-15-27-22-34(44-6)38-40-36(27)30(41)19-24-8-11-29(12-9-24)47-39-35-26(21-33(43-5)37(39)45-7)14-17-42(3,4)31(35)20-25-10-13-32(48-40)28(18-25)23-46-38/h8-13,18,21-22,30-31H,14-17,19-20,23H2,1-7H3/q+2. The number of benzene rings is 4. The molecule has 2 atom stereocenters. The van der Waals surface area contributed by atoms with Gasteiger partial charge in [-0.25, -0.2) is 0 Å². The highest BCUT2D eigenvalue weighted by molar-refractivity contribution is 5.64. The summed E-state index contributed by atoms with van der Waals surface area (Å²) < 4.78 is 40.0. The third-order valence-electron chi connectivity index (χ3n) is 11.3. The van der Waals surface area contributed by atoms with Gasteiger partial charge in [-0.05, 0) is 58.7 Å². The zero-order chi connectivity index (χ0) is 33.4. The number of nitrogens with zero attached hydrogens (tertiary/aromatic N) is 2. The van der Waals surface area contributed by atoms with E-state index in [-0.39, 0.29) is 12.1 Å². The van der Waals surface area contributed by atoms with E-state index < -0.39 is 0 Å². The predicted octanol–water partition coefficient (Wildman–Crippen LogP) is 7.34. The van der Waals surface area contributed by atoms with E-state index in [0.29, 0.717) is 23.9 Å². The smallest absolute Gasteiger partial charge is 0.205 e. The summed E-state index contributed by atoms with van der Waals surface area (Å²) in [5, 5.41) is 0. The van der Waals surface area contributed by atoms with Crippen LogP contribution in [0.4, 0.5) is 0 Å². The van der Waals surface area contributed by atoms with Crippen molar-refractivity contribution >= 4 is 0 Å². The maximum Gasteiger partial charge on any atom is 0.205 e. The molecule has 0 aliphatic carbocycles. The molecule has 0 saturated carbocycles. The molecule has 0 amide bonds. The van der Waals surface area contributed by atoms with Gasteiger partial charge in [0.25, 0.3) is 0 Å². The molecular formula is C40H46N2O6+2. The fourth-order valence-electron chi connectivity index (χ4n) is 8.36. The number of ether oxygens (including phenoxy) is 6. The largest absolute Gasteiger partial charge is 0.493 e. The third-order valence-corrected chi connectivity index (χ3v) is 11.3. The maximum absolute atomic E-state index is 6.96. The lowest BCUT2D eigenvalue weighted by atomic mass is 9.85. The molecule has 2 unspecified atom stereocenters. The first kappa shape index (κ1) is 30.9. The number of likely N-dealkylation sites (N-methyl/N-ethyl adjacent to an activating group) is 2. The highest BCUT2D eigenvalue weighted by Gasteiger charge is 2.43. The molecule has 0 spiro atoms. The van der Waals surface area contributed by atoms with Crippen LogP contribution in [0, 0.1) is 0 Å². The first-order valence-electron chi connectivity index (χ1n) is 17.0. The second-order valence-electron chi connectivity index (χ2n) is 14.8. The molecule has 7 heterocycles. The van der Waals surface area contributed by atoms with Crippen LogP contribution in [0.1, 0.15) is 51.0 Å². The van der Waals surface area contributed by atoms with Crippen molar-refractivity contribution in [3.05, 3.63) is 93.5 Å². The van der Waals surface area contributed by atoms with Gasteiger partial charge in [0.2, 0.25) is 11.5 Å². The molecule has 11 rings (SSSR count). The number of hydrogen-bond donors (Lipinski definition) is 0. The van der Waals surface area contributed by atoms with E-state index in [2.05, 4.69) is 82.8 Å². The molecule has 8 heteroatoms. The van der Waals surface area contributed by atoms with Crippen molar-refractivity contribution in [3.63, 3.8) is 0 Å². The van der Waals surface area contributed by atoms with Gasteiger partial charge in [-0.1, -0.05) is 18.2 Å². The molecule has 0 saturated heterocycles. The summed E-state index contributed by atoms with van der Waals surface area (Å²) in [7, 11) is 14.4. The second-order valence-corrected chi connectivity index (χ2v) is 14.8. The summed E-state index contributed by atoms with van der Waals surface area (Å²) in [4.78, 5) is 0. The molecule has 0 radical (unpaired) electrons. The van der Waals surface area contributed by atoms with E-state index in [0.717, 1.165) is 82.0 Å². The Morgan fingerprint density at radius 2 is 1.21 bits per heavy atom. The van der Waals surface area contributed by atoms with E-state index in [4.69, 9.17) is 28.4 Å². The Balaban J connectivity index is 1.36. The van der Waals surface area contributed by atoms with E-state index >= 15 is 0 Å². The van der Waals surface area contributed by atoms with Gasteiger partial charge in [-0.2, -0.15) is 0 Å². The Hall–Kier alpha value is -4.40. The number of hydrogen-bond acceptors (Lipinski definition) is 6. The van der Waals surface area contributed by atoms with Gasteiger partial charge >= 0.3 is 0 Å². The molecule has 4 aromatic carbocycles. The molecule has 8 nitrogen and oxygen atoms in total. The minimum absolute atomic E-state index is 0.109. The number of rotatable bonds is 3. The molecule has 48 heavy (non-hydrogen) atoms. The Morgan fingerprint density at radius 1 is 0.604 bits per heavy atom. The van der Waals surface area contributed by atoms with Crippen molar-refractivity contribution in [2.75, 3.05) is 62.6 Å². The first-order valence-corrected chi connectivity index (χ1v) is 17.0. The Morgan fingerprint density at radius 3 is 1.85 bits per heavy atom. The summed E-state index contributed by atoms with van der Waals surface area (Å²) in [5.74, 6) is 5.86. The lowest BCUT2D eigenvalue weighted by Crippen LogP contribution is -2.48. The van der Waals surface area contributed by atoms with Crippen LogP contribution in [0.25, 0.3) is 0 Å².